The average Bonchev–Trinajstić information content (AvgIpc) is 2.38. The van der Waals surface area contributed by atoms with Gasteiger partial charge >= 0.3 is 0 Å². The highest BCUT2D eigenvalue weighted by molar-refractivity contribution is 7.99. The lowest BCUT2D eigenvalue weighted by molar-refractivity contribution is 0.516. The first-order chi connectivity index (χ1) is 8.29. The highest BCUT2D eigenvalue weighted by Gasteiger charge is 2.13. The Kier molecular flexibility index (Phi) is 4.58. The molecule has 1 aromatic carbocycles. The van der Waals surface area contributed by atoms with Crippen LogP contribution in [-0.4, -0.2) is 18.1 Å². The van der Waals surface area contributed by atoms with Gasteiger partial charge in [-0.05, 0) is 48.5 Å². The van der Waals surface area contributed by atoms with Gasteiger partial charge in [-0.2, -0.15) is 17.0 Å². The largest absolute Gasteiger partial charge is 0.384 e. The first-order valence-electron chi connectivity index (χ1n) is 5.81. The predicted octanol–water partition coefficient (Wildman–Crippen LogP) is 3.77. The molecule has 0 bridgehead atoms. The second-order valence-electron chi connectivity index (χ2n) is 4.24. The van der Waals surface area contributed by atoms with Crippen LogP contribution >= 0.6 is 23.4 Å². The fourth-order valence-corrected chi connectivity index (χ4v) is 3.34. The topological polar surface area (TPSA) is 35.8 Å². The van der Waals surface area contributed by atoms with Crippen LogP contribution < -0.4 is 5.32 Å². The summed E-state index contributed by atoms with van der Waals surface area (Å²) < 4.78 is 0. The molecule has 0 aromatic heterocycles. The van der Waals surface area contributed by atoms with Crippen molar-refractivity contribution >= 4 is 29.1 Å². The minimum absolute atomic E-state index is 0.612. The van der Waals surface area contributed by atoms with E-state index in [9.17, 15) is 0 Å². The maximum Gasteiger partial charge on any atom is 0.101 e. The van der Waals surface area contributed by atoms with Gasteiger partial charge in [-0.15, -0.1) is 0 Å². The van der Waals surface area contributed by atoms with E-state index in [1.165, 1.54) is 24.3 Å². The van der Waals surface area contributed by atoms with Crippen LogP contribution in [0.3, 0.4) is 0 Å². The summed E-state index contributed by atoms with van der Waals surface area (Å²) in [5, 5.41) is 13.0. The van der Waals surface area contributed by atoms with E-state index >= 15 is 0 Å². The maximum atomic E-state index is 9.03. The zero-order chi connectivity index (χ0) is 12.1. The molecule has 1 N–H and O–H groups in total. The van der Waals surface area contributed by atoms with Crippen LogP contribution in [-0.2, 0) is 0 Å². The number of halogens is 1. The van der Waals surface area contributed by atoms with Crippen LogP contribution in [0.2, 0.25) is 5.02 Å². The second-order valence-corrected chi connectivity index (χ2v) is 5.90. The fourth-order valence-electron chi connectivity index (χ4n) is 1.97. The molecule has 4 heteroatoms. The van der Waals surface area contributed by atoms with E-state index in [1.54, 1.807) is 6.07 Å². The van der Waals surface area contributed by atoms with Gasteiger partial charge in [-0.3, -0.25) is 0 Å². The summed E-state index contributed by atoms with van der Waals surface area (Å²) >= 11 is 7.90. The number of hydrogen-bond donors (Lipinski definition) is 1. The number of hydrogen-bond acceptors (Lipinski definition) is 3. The Balaban J connectivity index is 1.96. The maximum absolute atomic E-state index is 9.03. The van der Waals surface area contributed by atoms with Crippen LogP contribution in [0.5, 0.6) is 0 Å². The molecule has 17 heavy (non-hydrogen) atoms. The highest BCUT2D eigenvalue weighted by atomic mass is 35.5. The van der Waals surface area contributed by atoms with E-state index < -0.39 is 0 Å². The quantitative estimate of drug-likeness (QED) is 0.905. The molecular formula is C13H15ClN2S. The lowest BCUT2D eigenvalue weighted by Crippen LogP contribution is -2.19. The van der Waals surface area contributed by atoms with Crippen molar-refractivity contribution in [3.8, 4) is 6.07 Å². The van der Waals surface area contributed by atoms with Gasteiger partial charge in [0, 0.05) is 11.6 Å². The molecule has 0 spiro atoms. The summed E-state index contributed by atoms with van der Waals surface area (Å²) in [5.74, 6) is 3.26. The summed E-state index contributed by atoms with van der Waals surface area (Å²) in [4.78, 5) is 0. The van der Waals surface area contributed by atoms with E-state index in [2.05, 4.69) is 11.4 Å². The fraction of sp³-hybridized carbons (Fsp3) is 0.462. The number of nitriles is 1. The number of nitrogens with zero attached hydrogens (tertiary/aromatic N) is 1. The minimum Gasteiger partial charge on any atom is -0.384 e. The molecule has 0 amide bonds. The average molecular weight is 267 g/mol. The van der Waals surface area contributed by atoms with Crippen molar-refractivity contribution in [3.63, 3.8) is 0 Å². The minimum atomic E-state index is 0.612. The monoisotopic (exact) mass is 266 g/mol. The van der Waals surface area contributed by atoms with Crippen molar-refractivity contribution < 1.29 is 0 Å². The SMILES string of the molecule is N#Cc1cc(Cl)ccc1NCC1CCSCC1. The third-order valence-electron chi connectivity index (χ3n) is 3.02. The van der Waals surface area contributed by atoms with Gasteiger partial charge in [0.05, 0.1) is 11.3 Å². The Hall–Kier alpha value is -0.850. The number of nitrogens with one attached hydrogen (secondary N) is 1. The van der Waals surface area contributed by atoms with E-state index in [1.807, 2.05) is 23.9 Å². The van der Waals surface area contributed by atoms with Crippen LogP contribution in [0.4, 0.5) is 5.69 Å². The summed E-state index contributed by atoms with van der Waals surface area (Å²) in [7, 11) is 0. The first kappa shape index (κ1) is 12.6. The third kappa shape index (κ3) is 3.55. The Labute approximate surface area is 111 Å². The number of benzene rings is 1. The highest BCUT2D eigenvalue weighted by Crippen LogP contribution is 2.24. The van der Waals surface area contributed by atoms with E-state index in [4.69, 9.17) is 16.9 Å². The number of anilines is 1. The molecule has 0 aliphatic carbocycles. The van der Waals surface area contributed by atoms with Crippen LogP contribution in [0.25, 0.3) is 0 Å². The number of rotatable bonds is 3. The zero-order valence-electron chi connectivity index (χ0n) is 9.58. The summed E-state index contributed by atoms with van der Waals surface area (Å²) in [5.41, 5.74) is 1.53. The Morgan fingerprint density at radius 2 is 2.18 bits per heavy atom. The molecule has 0 atom stereocenters. The number of thioether (sulfide) groups is 1. The van der Waals surface area contributed by atoms with Gasteiger partial charge in [0.2, 0.25) is 0 Å². The summed E-state index contributed by atoms with van der Waals surface area (Å²) in [6, 6.07) is 7.59. The summed E-state index contributed by atoms with van der Waals surface area (Å²) in [6.45, 7) is 0.955. The van der Waals surface area contributed by atoms with Gasteiger partial charge in [0.25, 0.3) is 0 Å². The molecule has 90 valence electrons. The Morgan fingerprint density at radius 3 is 2.88 bits per heavy atom. The normalized spacial score (nSPS) is 16.5. The van der Waals surface area contributed by atoms with Crippen molar-refractivity contribution in [1.29, 1.82) is 5.26 Å². The van der Waals surface area contributed by atoms with Gasteiger partial charge < -0.3 is 5.32 Å². The molecule has 0 radical (unpaired) electrons. The molecule has 1 heterocycles. The van der Waals surface area contributed by atoms with E-state index in [0.29, 0.717) is 10.6 Å². The van der Waals surface area contributed by atoms with Crippen molar-refractivity contribution in [2.75, 3.05) is 23.4 Å². The van der Waals surface area contributed by atoms with Gasteiger partial charge in [0.15, 0.2) is 0 Å². The summed E-state index contributed by atoms with van der Waals surface area (Å²) in [6.07, 6.45) is 2.54. The van der Waals surface area contributed by atoms with Crippen LogP contribution in [0, 0.1) is 17.2 Å². The van der Waals surface area contributed by atoms with E-state index in [0.717, 1.165) is 18.2 Å². The Bertz CT molecular complexity index is 422. The molecule has 1 aromatic rings. The smallest absolute Gasteiger partial charge is 0.101 e. The molecule has 0 unspecified atom stereocenters. The van der Waals surface area contributed by atoms with Crippen molar-refractivity contribution in [1.82, 2.24) is 0 Å². The van der Waals surface area contributed by atoms with Crippen LogP contribution in [0.15, 0.2) is 18.2 Å². The van der Waals surface area contributed by atoms with Gasteiger partial charge in [-0.1, -0.05) is 11.6 Å². The molecule has 2 rings (SSSR count). The molecular weight excluding hydrogens is 252 g/mol. The van der Waals surface area contributed by atoms with Gasteiger partial charge in [-0.25, -0.2) is 0 Å². The van der Waals surface area contributed by atoms with Crippen LogP contribution in [0.1, 0.15) is 18.4 Å². The lowest BCUT2D eigenvalue weighted by Gasteiger charge is -2.22. The first-order valence-corrected chi connectivity index (χ1v) is 7.34. The van der Waals surface area contributed by atoms with E-state index in [-0.39, 0.29) is 0 Å². The van der Waals surface area contributed by atoms with Gasteiger partial charge in [0.1, 0.15) is 6.07 Å². The second kappa shape index (κ2) is 6.18. The predicted molar refractivity (Wildman–Crippen MR) is 74.7 cm³/mol. The molecule has 1 aliphatic rings. The molecule has 1 saturated heterocycles. The van der Waals surface area contributed by atoms with Crippen molar-refractivity contribution in [2.45, 2.75) is 12.8 Å². The lowest BCUT2D eigenvalue weighted by atomic mass is 10.0. The molecule has 0 saturated carbocycles. The van der Waals surface area contributed by atoms with Crippen molar-refractivity contribution in [3.05, 3.63) is 28.8 Å². The zero-order valence-corrected chi connectivity index (χ0v) is 11.2. The Morgan fingerprint density at radius 1 is 1.41 bits per heavy atom. The molecule has 2 nitrogen and oxygen atoms in total. The standard InChI is InChI=1S/C13H15ClN2S/c14-12-1-2-13(11(7-12)8-15)16-9-10-3-5-17-6-4-10/h1-2,7,10,16H,3-6,9H2. The third-order valence-corrected chi connectivity index (χ3v) is 4.31. The molecule has 1 aliphatic heterocycles. The van der Waals surface area contributed by atoms with Crippen molar-refractivity contribution in [2.24, 2.45) is 5.92 Å². The molecule has 1 fully saturated rings.